The number of nitrogens with one attached hydrogen (secondary N) is 1. The topological polar surface area (TPSA) is 74.2 Å². The minimum Gasteiger partial charge on any atom is -0.340 e. The lowest BCUT2D eigenvalue weighted by molar-refractivity contribution is -0.133. The number of fused-ring (bicyclic) bond motifs is 1. The second kappa shape index (κ2) is 8.85. The highest BCUT2D eigenvalue weighted by Crippen LogP contribution is 2.21. The lowest BCUT2D eigenvalue weighted by atomic mass is 10.0. The van der Waals surface area contributed by atoms with Gasteiger partial charge in [0.15, 0.2) is 0 Å². The Hall–Kier alpha value is -2.64. The smallest absolute Gasteiger partial charge is 0.253 e. The van der Waals surface area contributed by atoms with E-state index >= 15 is 0 Å². The first-order valence-corrected chi connectivity index (χ1v) is 11.0. The van der Waals surface area contributed by atoms with Crippen LogP contribution in [0.15, 0.2) is 29.1 Å². The summed E-state index contributed by atoms with van der Waals surface area (Å²) in [5.41, 5.74) is 4.30. The number of H-pyrrole nitrogens is 1. The Morgan fingerprint density at radius 1 is 1.13 bits per heavy atom. The normalized spacial score (nSPS) is 15.0. The van der Waals surface area contributed by atoms with Crippen molar-refractivity contribution in [2.45, 2.75) is 33.2 Å². The van der Waals surface area contributed by atoms with E-state index in [-0.39, 0.29) is 11.5 Å². The summed E-state index contributed by atoms with van der Waals surface area (Å²) in [4.78, 5) is 32.6. The van der Waals surface area contributed by atoms with Gasteiger partial charge in [0.2, 0.25) is 5.91 Å². The third-order valence-corrected chi connectivity index (χ3v) is 6.44. The fourth-order valence-electron chi connectivity index (χ4n) is 4.45. The van der Waals surface area contributed by atoms with Crippen LogP contribution in [-0.2, 0) is 24.8 Å². The van der Waals surface area contributed by atoms with E-state index in [1.165, 1.54) is 5.56 Å². The number of halogens is 1. The van der Waals surface area contributed by atoms with Crippen molar-refractivity contribution in [3.63, 3.8) is 0 Å². The van der Waals surface area contributed by atoms with Crippen LogP contribution in [0.5, 0.6) is 0 Å². The molecule has 31 heavy (non-hydrogen) atoms. The predicted octanol–water partition coefficient (Wildman–Crippen LogP) is 2.81. The zero-order valence-electron chi connectivity index (χ0n) is 18.2. The summed E-state index contributed by atoms with van der Waals surface area (Å²) in [6, 6.07) is 7.90. The molecule has 1 N–H and O–H groups in total. The Bertz CT molecular complexity index is 1160. The molecule has 1 fully saturated rings. The zero-order chi connectivity index (χ0) is 22.1. The molecule has 1 amide bonds. The van der Waals surface area contributed by atoms with Crippen molar-refractivity contribution >= 4 is 28.5 Å². The number of carbonyl (C=O) groups excluding carboxylic acids is 1. The quantitative estimate of drug-likeness (QED) is 0.660. The van der Waals surface area contributed by atoms with Gasteiger partial charge in [-0.25, -0.2) is 0 Å². The van der Waals surface area contributed by atoms with Crippen molar-refractivity contribution in [1.29, 1.82) is 0 Å². The average Bonchev–Trinajstić information content (AvgIpc) is 3.03. The molecule has 3 heterocycles. The van der Waals surface area contributed by atoms with Gasteiger partial charge in [-0.05, 0) is 43.5 Å². The van der Waals surface area contributed by atoms with Crippen LogP contribution in [0.2, 0.25) is 5.02 Å². The van der Waals surface area contributed by atoms with Crippen LogP contribution in [0.4, 0.5) is 0 Å². The number of amides is 1. The fraction of sp³-hybridized carbons (Fsp3) is 0.435. The molecule has 1 aliphatic rings. The van der Waals surface area contributed by atoms with Crippen molar-refractivity contribution < 1.29 is 4.79 Å². The van der Waals surface area contributed by atoms with Crippen molar-refractivity contribution in [3.05, 3.63) is 62.0 Å². The molecule has 0 unspecified atom stereocenters. The molecule has 0 bridgehead atoms. The lowest BCUT2D eigenvalue weighted by Gasteiger charge is -2.34. The number of aromatic nitrogens is 3. The summed E-state index contributed by atoms with van der Waals surface area (Å²) in [6.45, 7) is 7.85. The highest BCUT2D eigenvalue weighted by Gasteiger charge is 2.22. The van der Waals surface area contributed by atoms with Gasteiger partial charge >= 0.3 is 0 Å². The molecule has 4 rings (SSSR count). The molecule has 0 spiro atoms. The van der Waals surface area contributed by atoms with E-state index in [9.17, 15) is 9.59 Å². The van der Waals surface area contributed by atoms with E-state index in [0.717, 1.165) is 46.9 Å². The molecule has 1 aromatic carbocycles. The first-order chi connectivity index (χ1) is 14.8. The molecular weight excluding hydrogens is 414 g/mol. The Labute approximate surface area is 186 Å². The number of nitrogens with zero attached hydrogens (tertiary/aromatic N) is 4. The first-order valence-electron chi connectivity index (χ1n) is 10.6. The maximum absolute atomic E-state index is 12.8. The van der Waals surface area contributed by atoms with Crippen LogP contribution in [0.25, 0.3) is 11.0 Å². The molecule has 8 heteroatoms. The predicted molar refractivity (Wildman–Crippen MR) is 122 cm³/mol. The van der Waals surface area contributed by atoms with Crippen molar-refractivity contribution in [2.75, 3.05) is 26.2 Å². The summed E-state index contributed by atoms with van der Waals surface area (Å²) in [7, 11) is 1.82. The Morgan fingerprint density at radius 2 is 1.81 bits per heavy atom. The zero-order valence-corrected chi connectivity index (χ0v) is 19.0. The highest BCUT2D eigenvalue weighted by molar-refractivity contribution is 6.30. The van der Waals surface area contributed by atoms with Gasteiger partial charge in [-0.1, -0.05) is 23.7 Å². The second-order valence-electron chi connectivity index (χ2n) is 8.27. The Morgan fingerprint density at radius 3 is 2.48 bits per heavy atom. The van der Waals surface area contributed by atoms with Gasteiger partial charge in [0, 0.05) is 62.2 Å². The summed E-state index contributed by atoms with van der Waals surface area (Å²) >= 11 is 5.96. The van der Waals surface area contributed by atoms with Gasteiger partial charge in [-0.2, -0.15) is 5.10 Å². The molecule has 164 valence electrons. The van der Waals surface area contributed by atoms with Gasteiger partial charge in [0.25, 0.3) is 5.56 Å². The third-order valence-electron chi connectivity index (χ3n) is 6.19. The van der Waals surface area contributed by atoms with Gasteiger partial charge in [0.1, 0.15) is 5.65 Å². The number of hydrogen-bond donors (Lipinski definition) is 1. The molecule has 0 saturated carbocycles. The summed E-state index contributed by atoms with van der Waals surface area (Å²) < 4.78 is 1.69. The minimum absolute atomic E-state index is 0.105. The molecule has 0 aliphatic carbocycles. The van der Waals surface area contributed by atoms with E-state index in [1.807, 2.05) is 50.1 Å². The number of rotatable bonds is 5. The number of carbonyl (C=O) groups is 1. The van der Waals surface area contributed by atoms with Crippen LogP contribution >= 0.6 is 11.6 Å². The monoisotopic (exact) mass is 441 g/mol. The molecule has 2 aromatic heterocycles. The molecule has 0 atom stereocenters. The minimum atomic E-state index is -0.131. The van der Waals surface area contributed by atoms with Gasteiger partial charge in [-0.15, -0.1) is 0 Å². The second-order valence-corrected chi connectivity index (χ2v) is 8.71. The van der Waals surface area contributed by atoms with E-state index in [4.69, 9.17) is 11.6 Å². The third kappa shape index (κ3) is 4.52. The van der Waals surface area contributed by atoms with Gasteiger partial charge < -0.3 is 9.88 Å². The number of aromatic amines is 1. The largest absolute Gasteiger partial charge is 0.340 e. The molecule has 0 radical (unpaired) electrons. The Balaban J connectivity index is 1.35. The molecule has 7 nitrogen and oxygen atoms in total. The SMILES string of the molecule is Cc1nn(C)c2[nH]c(=O)c(CCC(=O)N3CCN(Cc4ccc(Cl)cc4)CC3)c(C)c12. The molecule has 3 aromatic rings. The van der Waals surface area contributed by atoms with Crippen LogP contribution in [0, 0.1) is 13.8 Å². The van der Waals surface area contributed by atoms with Gasteiger partial charge in [-0.3, -0.25) is 19.2 Å². The number of piperazine rings is 1. The van der Waals surface area contributed by atoms with Crippen molar-refractivity contribution in [3.8, 4) is 0 Å². The van der Waals surface area contributed by atoms with Crippen LogP contribution in [0.3, 0.4) is 0 Å². The Kier molecular flexibility index (Phi) is 6.16. The molecule has 1 aliphatic heterocycles. The van der Waals surface area contributed by atoms with E-state index in [0.29, 0.717) is 31.5 Å². The summed E-state index contributed by atoms with van der Waals surface area (Å²) in [6.07, 6.45) is 0.779. The van der Waals surface area contributed by atoms with E-state index < -0.39 is 0 Å². The lowest BCUT2D eigenvalue weighted by Crippen LogP contribution is -2.48. The first kappa shape index (κ1) is 21.6. The molecular formula is C23H28ClN5O2. The van der Waals surface area contributed by atoms with E-state index in [2.05, 4.69) is 15.0 Å². The van der Waals surface area contributed by atoms with Gasteiger partial charge in [0.05, 0.1) is 5.69 Å². The number of hydrogen-bond acceptors (Lipinski definition) is 4. The maximum atomic E-state index is 12.8. The summed E-state index contributed by atoms with van der Waals surface area (Å²) in [5.74, 6) is 0.105. The fourth-order valence-corrected chi connectivity index (χ4v) is 4.58. The summed E-state index contributed by atoms with van der Waals surface area (Å²) in [5, 5.41) is 6.12. The molecule has 1 saturated heterocycles. The number of pyridine rings is 1. The highest BCUT2D eigenvalue weighted by atomic mass is 35.5. The van der Waals surface area contributed by atoms with E-state index in [1.54, 1.807) is 4.68 Å². The van der Waals surface area contributed by atoms with Crippen molar-refractivity contribution in [1.82, 2.24) is 24.6 Å². The average molecular weight is 442 g/mol. The van der Waals surface area contributed by atoms with Crippen LogP contribution < -0.4 is 5.56 Å². The number of aryl methyl sites for hydroxylation is 3. The van der Waals surface area contributed by atoms with Crippen molar-refractivity contribution in [2.24, 2.45) is 7.05 Å². The standard InChI is InChI=1S/C23H28ClN5O2/c1-15-19(23(31)25-22-21(15)16(2)26-27(22)3)8-9-20(30)29-12-10-28(11-13-29)14-17-4-6-18(24)7-5-17/h4-7H,8-14H2,1-3H3,(H,25,31). The maximum Gasteiger partial charge on any atom is 0.253 e. The number of benzene rings is 1. The van der Waals surface area contributed by atoms with Crippen LogP contribution in [0.1, 0.15) is 28.8 Å². The van der Waals surface area contributed by atoms with Crippen LogP contribution in [-0.4, -0.2) is 56.7 Å².